The largest absolute Gasteiger partial charge is 0.508 e. The molecule has 2 rings (SSSR count). The summed E-state index contributed by atoms with van der Waals surface area (Å²) in [6.07, 6.45) is 0. The lowest BCUT2D eigenvalue weighted by Crippen LogP contribution is -2.16. The summed E-state index contributed by atoms with van der Waals surface area (Å²) < 4.78 is 13.5. The van der Waals surface area contributed by atoms with Gasteiger partial charge in [0, 0.05) is 5.56 Å². The Balaban J connectivity index is 2.36. The van der Waals surface area contributed by atoms with E-state index in [0.717, 1.165) is 6.07 Å². The second-order valence-electron chi connectivity index (χ2n) is 4.42. The number of aromatic hydroxyl groups is 1. The molecule has 0 radical (unpaired) electrons. The number of rotatable bonds is 3. The summed E-state index contributed by atoms with van der Waals surface area (Å²) in [6, 6.07) is 7.76. The molecule has 0 saturated heterocycles. The molecule has 1 amide bonds. The van der Waals surface area contributed by atoms with Crippen molar-refractivity contribution >= 4 is 17.6 Å². The van der Waals surface area contributed by atoms with Gasteiger partial charge < -0.3 is 15.5 Å². The summed E-state index contributed by atoms with van der Waals surface area (Å²) >= 11 is 0. The SMILES string of the molecule is Cc1cc(O)ccc1C(=O)Nc1cccc(F)c1C(=O)O. The minimum absolute atomic E-state index is 0.0148. The molecule has 6 heteroatoms. The first-order valence-corrected chi connectivity index (χ1v) is 6.03. The summed E-state index contributed by atoms with van der Waals surface area (Å²) in [7, 11) is 0. The number of carbonyl (C=O) groups is 2. The number of carboxylic acids is 1. The highest BCUT2D eigenvalue weighted by Gasteiger charge is 2.18. The van der Waals surface area contributed by atoms with Crippen LogP contribution >= 0.6 is 0 Å². The standard InChI is InChI=1S/C15H12FNO4/c1-8-7-9(18)5-6-10(8)14(19)17-12-4-2-3-11(16)13(12)15(20)21/h2-7,18H,1H3,(H,17,19)(H,20,21). The fourth-order valence-corrected chi connectivity index (χ4v) is 1.94. The van der Waals surface area contributed by atoms with Crippen LogP contribution < -0.4 is 5.32 Å². The molecular formula is C15H12FNO4. The molecule has 0 aliphatic rings. The van der Waals surface area contributed by atoms with E-state index in [4.69, 9.17) is 5.11 Å². The van der Waals surface area contributed by atoms with Crippen LogP contribution in [0.1, 0.15) is 26.3 Å². The van der Waals surface area contributed by atoms with Gasteiger partial charge in [0.15, 0.2) is 0 Å². The van der Waals surface area contributed by atoms with Crippen molar-refractivity contribution in [2.45, 2.75) is 6.92 Å². The number of anilines is 1. The van der Waals surface area contributed by atoms with Gasteiger partial charge in [-0.2, -0.15) is 0 Å². The highest BCUT2D eigenvalue weighted by Crippen LogP contribution is 2.21. The third kappa shape index (κ3) is 3.00. The minimum atomic E-state index is -1.47. The van der Waals surface area contributed by atoms with Gasteiger partial charge in [-0.1, -0.05) is 6.07 Å². The number of phenolic OH excluding ortho intramolecular Hbond substituents is 1. The molecule has 0 spiro atoms. The monoisotopic (exact) mass is 289 g/mol. The van der Waals surface area contributed by atoms with Crippen LogP contribution in [-0.2, 0) is 0 Å². The van der Waals surface area contributed by atoms with E-state index in [9.17, 15) is 19.1 Å². The number of hydrogen-bond acceptors (Lipinski definition) is 3. The van der Waals surface area contributed by atoms with Crippen molar-refractivity contribution in [3.63, 3.8) is 0 Å². The average molecular weight is 289 g/mol. The number of carboxylic acid groups (broad SMARTS) is 1. The molecule has 0 heterocycles. The lowest BCUT2D eigenvalue weighted by molar-refractivity contribution is 0.0693. The smallest absolute Gasteiger partial charge is 0.340 e. The number of aryl methyl sites for hydroxylation is 1. The zero-order valence-electron chi connectivity index (χ0n) is 11.1. The van der Waals surface area contributed by atoms with E-state index in [-0.39, 0.29) is 17.0 Å². The number of aromatic carboxylic acids is 1. The van der Waals surface area contributed by atoms with Gasteiger partial charge in [-0.05, 0) is 42.8 Å². The van der Waals surface area contributed by atoms with E-state index in [0.29, 0.717) is 5.56 Å². The summed E-state index contributed by atoms with van der Waals surface area (Å²) in [5.74, 6) is -2.96. The molecule has 0 aliphatic heterocycles. The first-order chi connectivity index (χ1) is 9.90. The second-order valence-corrected chi connectivity index (χ2v) is 4.42. The van der Waals surface area contributed by atoms with E-state index in [1.807, 2.05) is 0 Å². The molecular weight excluding hydrogens is 277 g/mol. The number of halogens is 1. The third-order valence-corrected chi connectivity index (χ3v) is 2.93. The number of phenols is 1. The number of amides is 1. The molecule has 21 heavy (non-hydrogen) atoms. The summed E-state index contributed by atoms with van der Waals surface area (Å²) in [5.41, 5.74) is 0.0523. The summed E-state index contributed by atoms with van der Waals surface area (Å²) in [5, 5.41) is 20.7. The number of nitrogens with one attached hydrogen (secondary N) is 1. The van der Waals surface area contributed by atoms with Crippen LogP contribution in [0.3, 0.4) is 0 Å². The normalized spacial score (nSPS) is 10.2. The Morgan fingerprint density at radius 2 is 1.90 bits per heavy atom. The lowest BCUT2D eigenvalue weighted by atomic mass is 10.1. The van der Waals surface area contributed by atoms with Gasteiger partial charge in [-0.3, -0.25) is 4.79 Å². The Morgan fingerprint density at radius 1 is 1.19 bits per heavy atom. The van der Waals surface area contributed by atoms with Gasteiger partial charge in [0.2, 0.25) is 0 Å². The van der Waals surface area contributed by atoms with Gasteiger partial charge in [0.25, 0.3) is 5.91 Å². The van der Waals surface area contributed by atoms with Crippen LogP contribution in [0.4, 0.5) is 10.1 Å². The van der Waals surface area contributed by atoms with Gasteiger partial charge in [0.05, 0.1) is 5.69 Å². The van der Waals surface area contributed by atoms with Crippen molar-refractivity contribution in [2.75, 3.05) is 5.32 Å². The minimum Gasteiger partial charge on any atom is -0.508 e. The zero-order chi connectivity index (χ0) is 15.6. The van der Waals surface area contributed by atoms with Crippen molar-refractivity contribution in [3.8, 4) is 5.75 Å². The van der Waals surface area contributed by atoms with Crippen LogP contribution in [0.15, 0.2) is 36.4 Å². The highest BCUT2D eigenvalue weighted by atomic mass is 19.1. The van der Waals surface area contributed by atoms with Gasteiger partial charge in [-0.15, -0.1) is 0 Å². The van der Waals surface area contributed by atoms with Crippen molar-refractivity contribution in [1.82, 2.24) is 0 Å². The maximum atomic E-state index is 13.5. The first kappa shape index (κ1) is 14.5. The summed E-state index contributed by atoms with van der Waals surface area (Å²) in [6.45, 7) is 1.62. The number of hydrogen-bond donors (Lipinski definition) is 3. The molecule has 0 unspecified atom stereocenters. The van der Waals surface area contributed by atoms with Crippen molar-refractivity contribution in [3.05, 3.63) is 58.9 Å². The maximum Gasteiger partial charge on any atom is 0.340 e. The Kier molecular flexibility index (Phi) is 3.89. The number of benzene rings is 2. The topological polar surface area (TPSA) is 86.6 Å². The Labute approximate surface area is 119 Å². The molecule has 0 bridgehead atoms. The van der Waals surface area contributed by atoms with Crippen LogP contribution in [0.25, 0.3) is 0 Å². The van der Waals surface area contributed by atoms with Crippen LogP contribution in [0, 0.1) is 12.7 Å². The van der Waals surface area contributed by atoms with Crippen LogP contribution in [0.5, 0.6) is 5.75 Å². The van der Waals surface area contributed by atoms with Gasteiger partial charge in [-0.25, -0.2) is 9.18 Å². The Bertz CT molecular complexity index is 728. The fourth-order valence-electron chi connectivity index (χ4n) is 1.94. The molecule has 0 atom stereocenters. The third-order valence-electron chi connectivity index (χ3n) is 2.93. The zero-order valence-corrected chi connectivity index (χ0v) is 11.1. The van der Waals surface area contributed by atoms with E-state index >= 15 is 0 Å². The predicted octanol–water partition coefficient (Wildman–Crippen LogP) is 2.79. The van der Waals surface area contributed by atoms with E-state index < -0.39 is 23.3 Å². The molecule has 0 aromatic heterocycles. The van der Waals surface area contributed by atoms with E-state index in [1.165, 1.54) is 30.3 Å². The second kappa shape index (κ2) is 5.62. The molecule has 0 fully saturated rings. The van der Waals surface area contributed by atoms with Gasteiger partial charge >= 0.3 is 5.97 Å². The molecule has 108 valence electrons. The first-order valence-electron chi connectivity index (χ1n) is 6.03. The van der Waals surface area contributed by atoms with Gasteiger partial charge in [0.1, 0.15) is 17.1 Å². The summed E-state index contributed by atoms with van der Waals surface area (Å²) in [4.78, 5) is 23.2. The predicted molar refractivity (Wildman–Crippen MR) is 74.2 cm³/mol. The van der Waals surface area contributed by atoms with Crippen LogP contribution in [-0.4, -0.2) is 22.1 Å². The highest BCUT2D eigenvalue weighted by molar-refractivity contribution is 6.08. The van der Waals surface area contributed by atoms with Crippen molar-refractivity contribution in [1.29, 1.82) is 0 Å². The Hall–Kier alpha value is -2.89. The maximum absolute atomic E-state index is 13.5. The van der Waals surface area contributed by atoms with Crippen molar-refractivity contribution in [2.24, 2.45) is 0 Å². The van der Waals surface area contributed by atoms with E-state index in [1.54, 1.807) is 6.92 Å². The molecule has 0 aliphatic carbocycles. The number of carbonyl (C=O) groups excluding carboxylic acids is 1. The molecule has 0 saturated carbocycles. The van der Waals surface area contributed by atoms with Crippen LogP contribution in [0.2, 0.25) is 0 Å². The molecule has 5 nitrogen and oxygen atoms in total. The lowest BCUT2D eigenvalue weighted by Gasteiger charge is -2.10. The quantitative estimate of drug-likeness (QED) is 0.811. The Morgan fingerprint density at radius 3 is 2.52 bits per heavy atom. The molecule has 3 N–H and O–H groups in total. The average Bonchev–Trinajstić information content (AvgIpc) is 2.37. The molecule has 2 aromatic rings. The van der Waals surface area contributed by atoms with E-state index in [2.05, 4.69) is 5.32 Å². The fraction of sp³-hybridized carbons (Fsp3) is 0.0667. The molecule has 2 aromatic carbocycles. The van der Waals surface area contributed by atoms with Crippen molar-refractivity contribution < 1.29 is 24.2 Å².